The number of fused-ring (bicyclic) bond motifs is 1. The third kappa shape index (κ3) is 2.77. The maximum Gasteiger partial charge on any atom is 0.0967 e. The molecule has 102 valence electrons. The number of benzene rings is 2. The van der Waals surface area contributed by atoms with E-state index in [4.69, 9.17) is 0 Å². The lowest BCUT2D eigenvalue weighted by Crippen LogP contribution is -2.01. The van der Waals surface area contributed by atoms with Crippen molar-refractivity contribution >= 4 is 37.5 Å². The Bertz CT molecular complexity index is 720. The molecule has 0 saturated heterocycles. The van der Waals surface area contributed by atoms with E-state index in [9.17, 15) is 5.11 Å². The van der Waals surface area contributed by atoms with Gasteiger partial charge in [0.15, 0.2) is 0 Å². The summed E-state index contributed by atoms with van der Waals surface area (Å²) < 4.78 is 2.19. The molecule has 0 aliphatic heterocycles. The third-order valence-electron chi connectivity index (χ3n) is 3.29. The van der Waals surface area contributed by atoms with Crippen LogP contribution < -0.4 is 0 Å². The molecule has 3 aromatic rings. The van der Waals surface area contributed by atoms with Crippen molar-refractivity contribution in [1.82, 2.24) is 4.98 Å². The van der Waals surface area contributed by atoms with Gasteiger partial charge in [-0.3, -0.25) is 0 Å². The highest BCUT2D eigenvalue weighted by Gasteiger charge is 2.13. The van der Waals surface area contributed by atoms with Gasteiger partial charge in [0.2, 0.25) is 0 Å². The predicted molar refractivity (Wildman–Crippen MR) is 87.2 cm³/mol. The summed E-state index contributed by atoms with van der Waals surface area (Å²) in [5.74, 6) is 0. The molecule has 4 heteroatoms. The van der Waals surface area contributed by atoms with Gasteiger partial charge in [-0.15, -0.1) is 11.3 Å². The van der Waals surface area contributed by atoms with Crippen LogP contribution in [-0.2, 0) is 6.42 Å². The second-order valence-electron chi connectivity index (χ2n) is 4.80. The third-order valence-corrected chi connectivity index (χ3v) is 5.20. The number of para-hydroxylation sites is 1. The molecular weight excluding hydrogens is 334 g/mol. The van der Waals surface area contributed by atoms with E-state index in [0.717, 1.165) is 20.6 Å². The van der Waals surface area contributed by atoms with Gasteiger partial charge >= 0.3 is 0 Å². The fourth-order valence-corrected chi connectivity index (χ4v) is 3.51. The van der Waals surface area contributed by atoms with Crippen molar-refractivity contribution in [2.45, 2.75) is 19.4 Å². The summed E-state index contributed by atoms with van der Waals surface area (Å²) in [6.07, 6.45) is 0.0296. The molecule has 20 heavy (non-hydrogen) atoms. The first-order valence-corrected chi connectivity index (χ1v) is 8.03. The summed E-state index contributed by atoms with van der Waals surface area (Å²) in [4.78, 5) is 4.56. The first kappa shape index (κ1) is 13.7. The Morgan fingerprint density at radius 1 is 1.25 bits per heavy atom. The van der Waals surface area contributed by atoms with E-state index in [2.05, 4.69) is 27.0 Å². The normalized spacial score (nSPS) is 12.8. The Balaban J connectivity index is 1.84. The Morgan fingerprint density at radius 2 is 2.05 bits per heavy atom. The standard InChI is InChI=1S/C16H14BrNOS/c1-10-6-7-11(8-12(10)17)14(19)9-16-18-13-4-2-3-5-15(13)20-16/h2-8,14,19H,9H2,1H3. The van der Waals surface area contributed by atoms with Gasteiger partial charge in [0.25, 0.3) is 0 Å². The number of aryl methyl sites for hydroxylation is 1. The SMILES string of the molecule is Cc1ccc(C(O)Cc2nc3ccccc3s2)cc1Br. The number of nitrogens with zero attached hydrogens (tertiary/aromatic N) is 1. The highest BCUT2D eigenvalue weighted by Crippen LogP contribution is 2.28. The highest BCUT2D eigenvalue weighted by atomic mass is 79.9. The number of hydrogen-bond donors (Lipinski definition) is 1. The molecule has 0 aliphatic rings. The lowest BCUT2D eigenvalue weighted by Gasteiger charge is -2.10. The second-order valence-corrected chi connectivity index (χ2v) is 6.77. The largest absolute Gasteiger partial charge is 0.388 e. The molecule has 0 bridgehead atoms. The number of rotatable bonds is 3. The molecule has 1 heterocycles. The summed E-state index contributed by atoms with van der Waals surface area (Å²) in [5, 5.41) is 11.3. The Morgan fingerprint density at radius 3 is 2.80 bits per heavy atom. The highest BCUT2D eigenvalue weighted by molar-refractivity contribution is 9.10. The van der Waals surface area contributed by atoms with Gasteiger partial charge in [0.1, 0.15) is 0 Å². The van der Waals surface area contributed by atoms with Gasteiger partial charge < -0.3 is 5.11 Å². The van der Waals surface area contributed by atoms with Gasteiger partial charge in [-0.2, -0.15) is 0 Å². The van der Waals surface area contributed by atoms with E-state index in [1.807, 2.05) is 43.3 Å². The van der Waals surface area contributed by atoms with E-state index in [-0.39, 0.29) is 0 Å². The Kier molecular flexibility index (Phi) is 3.87. The zero-order valence-electron chi connectivity index (χ0n) is 11.0. The van der Waals surface area contributed by atoms with Gasteiger partial charge in [0.05, 0.1) is 21.3 Å². The number of halogens is 1. The average Bonchev–Trinajstić information content (AvgIpc) is 2.83. The first-order chi connectivity index (χ1) is 9.63. The van der Waals surface area contributed by atoms with Crippen molar-refractivity contribution in [3.05, 3.63) is 63.1 Å². The van der Waals surface area contributed by atoms with Crippen molar-refractivity contribution in [2.24, 2.45) is 0 Å². The van der Waals surface area contributed by atoms with Crippen molar-refractivity contribution in [1.29, 1.82) is 0 Å². The summed E-state index contributed by atoms with van der Waals surface area (Å²) in [7, 11) is 0. The molecule has 1 aromatic heterocycles. The van der Waals surface area contributed by atoms with Gasteiger partial charge in [0, 0.05) is 10.9 Å². The number of hydrogen-bond acceptors (Lipinski definition) is 3. The molecule has 1 unspecified atom stereocenters. The number of aliphatic hydroxyl groups excluding tert-OH is 1. The summed E-state index contributed by atoms with van der Waals surface area (Å²) in [5.41, 5.74) is 3.09. The fourth-order valence-electron chi connectivity index (χ4n) is 2.11. The number of aliphatic hydroxyl groups is 1. The summed E-state index contributed by atoms with van der Waals surface area (Å²) in [6, 6.07) is 14.0. The molecule has 0 aliphatic carbocycles. The molecule has 1 N–H and O–H groups in total. The average molecular weight is 348 g/mol. The van der Waals surface area contributed by atoms with Crippen molar-refractivity contribution in [2.75, 3.05) is 0 Å². The van der Waals surface area contributed by atoms with Gasteiger partial charge in [-0.1, -0.05) is 40.2 Å². The minimum absolute atomic E-state index is 0.521. The zero-order valence-corrected chi connectivity index (χ0v) is 13.4. The molecule has 1 atom stereocenters. The molecule has 3 rings (SSSR count). The minimum atomic E-state index is -0.521. The van der Waals surface area contributed by atoms with Crippen LogP contribution in [0.1, 0.15) is 22.2 Å². The van der Waals surface area contributed by atoms with Crippen LogP contribution in [0.5, 0.6) is 0 Å². The van der Waals surface area contributed by atoms with E-state index < -0.39 is 6.10 Å². The van der Waals surface area contributed by atoms with Crippen LogP contribution in [0.25, 0.3) is 10.2 Å². The van der Waals surface area contributed by atoms with Crippen LogP contribution >= 0.6 is 27.3 Å². The van der Waals surface area contributed by atoms with Crippen LogP contribution in [0, 0.1) is 6.92 Å². The van der Waals surface area contributed by atoms with E-state index in [0.29, 0.717) is 6.42 Å². The van der Waals surface area contributed by atoms with Crippen LogP contribution in [-0.4, -0.2) is 10.1 Å². The summed E-state index contributed by atoms with van der Waals surface area (Å²) in [6.45, 7) is 2.04. The molecule has 0 fully saturated rings. The second kappa shape index (κ2) is 5.64. The van der Waals surface area contributed by atoms with Crippen LogP contribution in [0.2, 0.25) is 0 Å². The molecule has 0 amide bonds. The monoisotopic (exact) mass is 347 g/mol. The lowest BCUT2D eigenvalue weighted by atomic mass is 10.1. The topological polar surface area (TPSA) is 33.1 Å². The van der Waals surface area contributed by atoms with Crippen LogP contribution in [0.4, 0.5) is 0 Å². The van der Waals surface area contributed by atoms with E-state index in [1.54, 1.807) is 11.3 Å². The molecule has 2 aromatic carbocycles. The molecule has 0 radical (unpaired) electrons. The minimum Gasteiger partial charge on any atom is -0.388 e. The Hall–Kier alpha value is -1.23. The van der Waals surface area contributed by atoms with E-state index in [1.165, 1.54) is 10.3 Å². The van der Waals surface area contributed by atoms with Gasteiger partial charge in [-0.25, -0.2) is 4.98 Å². The predicted octanol–water partition coefficient (Wildman–Crippen LogP) is 4.64. The molecular formula is C16H14BrNOS. The first-order valence-electron chi connectivity index (χ1n) is 6.42. The number of thiazole rings is 1. The van der Waals surface area contributed by atoms with Crippen LogP contribution in [0.3, 0.4) is 0 Å². The molecule has 2 nitrogen and oxygen atoms in total. The maximum absolute atomic E-state index is 10.4. The summed E-state index contributed by atoms with van der Waals surface area (Å²) >= 11 is 5.15. The zero-order chi connectivity index (χ0) is 14.1. The van der Waals surface area contributed by atoms with Crippen LogP contribution in [0.15, 0.2) is 46.9 Å². The van der Waals surface area contributed by atoms with Crippen molar-refractivity contribution < 1.29 is 5.11 Å². The molecule has 0 saturated carbocycles. The van der Waals surface area contributed by atoms with Crippen molar-refractivity contribution in [3.63, 3.8) is 0 Å². The molecule has 0 spiro atoms. The fraction of sp³-hybridized carbons (Fsp3) is 0.188. The lowest BCUT2D eigenvalue weighted by molar-refractivity contribution is 0.178. The van der Waals surface area contributed by atoms with E-state index >= 15 is 0 Å². The van der Waals surface area contributed by atoms with Gasteiger partial charge in [-0.05, 0) is 36.2 Å². The Labute approximate surface area is 130 Å². The van der Waals surface area contributed by atoms with Crippen molar-refractivity contribution in [3.8, 4) is 0 Å². The smallest absolute Gasteiger partial charge is 0.0967 e. The number of aromatic nitrogens is 1. The quantitative estimate of drug-likeness (QED) is 0.748. The maximum atomic E-state index is 10.4.